The van der Waals surface area contributed by atoms with E-state index in [1.54, 1.807) is 7.05 Å². The molecule has 0 aliphatic carbocycles. The Balaban J connectivity index is 1.40. The first kappa shape index (κ1) is 14.8. The van der Waals surface area contributed by atoms with Crippen LogP contribution in [0.2, 0.25) is 0 Å². The summed E-state index contributed by atoms with van der Waals surface area (Å²) in [4.78, 5) is 14.8. The first-order valence-corrected chi connectivity index (χ1v) is 8.06. The second-order valence-electron chi connectivity index (χ2n) is 6.01. The first-order valence-electron chi connectivity index (χ1n) is 8.06. The summed E-state index contributed by atoms with van der Waals surface area (Å²) in [7, 11) is 1.72. The minimum atomic E-state index is -0.325. The van der Waals surface area contributed by atoms with E-state index in [4.69, 9.17) is 4.42 Å². The van der Waals surface area contributed by atoms with Crippen LogP contribution < -0.4 is 11.1 Å². The molecule has 2 heterocycles. The molecule has 2 aromatic heterocycles. The van der Waals surface area contributed by atoms with Crippen molar-refractivity contribution in [2.24, 2.45) is 7.05 Å². The molecular formula is C19H19N3O2. The topological polar surface area (TPSA) is 63.0 Å². The summed E-state index contributed by atoms with van der Waals surface area (Å²) in [5.41, 5.74) is 5.09. The van der Waals surface area contributed by atoms with E-state index in [9.17, 15) is 4.79 Å². The number of benzene rings is 2. The predicted molar refractivity (Wildman–Crippen MR) is 95.2 cm³/mol. The fraction of sp³-hybridized carbons (Fsp3) is 0.211. The van der Waals surface area contributed by atoms with E-state index in [-0.39, 0.29) is 5.76 Å². The summed E-state index contributed by atoms with van der Waals surface area (Å²) in [5.74, 6) is -0.325. The summed E-state index contributed by atoms with van der Waals surface area (Å²) >= 11 is 0. The molecule has 5 nitrogen and oxygen atoms in total. The third-order valence-corrected chi connectivity index (χ3v) is 4.43. The minimum Gasteiger partial charge on any atom is -0.408 e. The smallest absolute Gasteiger partial charge is 0.408 e. The fourth-order valence-electron chi connectivity index (χ4n) is 3.10. The van der Waals surface area contributed by atoms with Gasteiger partial charge in [0.25, 0.3) is 0 Å². The molecule has 2 N–H and O–H groups in total. The number of rotatable bonds is 5. The molecule has 0 aliphatic rings. The second-order valence-corrected chi connectivity index (χ2v) is 6.01. The van der Waals surface area contributed by atoms with Gasteiger partial charge >= 0.3 is 5.76 Å². The lowest BCUT2D eigenvalue weighted by molar-refractivity contribution is 0.527. The highest BCUT2D eigenvalue weighted by atomic mass is 16.4. The lowest BCUT2D eigenvalue weighted by Gasteiger charge is -2.06. The maximum absolute atomic E-state index is 11.5. The average Bonchev–Trinajstić information content (AvgIpc) is 3.17. The molecule has 0 fully saturated rings. The van der Waals surface area contributed by atoms with Gasteiger partial charge in [0.1, 0.15) is 0 Å². The number of hydrogen-bond donors (Lipinski definition) is 2. The molecule has 24 heavy (non-hydrogen) atoms. The van der Waals surface area contributed by atoms with Crippen LogP contribution in [-0.2, 0) is 20.0 Å². The van der Waals surface area contributed by atoms with Crippen molar-refractivity contribution in [3.05, 3.63) is 70.3 Å². The zero-order valence-electron chi connectivity index (χ0n) is 13.5. The van der Waals surface area contributed by atoms with Crippen LogP contribution in [-0.4, -0.2) is 16.1 Å². The van der Waals surface area contributed by atoms with Crippen LogP contribution >= 0.6 is 0 Å². The van der Waals surface area contributed by atoms with Crippen LogP contribution in [0.25, 0.3) is 22.0 Å². The SMILES string of the molecule is Cn1c(=O)oc2cc(CNCCc3cccc4cc[nH]c34)ccc21. The van der Waals surface area contributed by atoms with Crippen LogP contribution in [0, 0.1) is 0 Å². The van der Waals surface area contributed by atoms with Crippen molar-refractivity contribution in [1.29, 1.82) is 0 Å². The molecule has 4 rings (SSSR count). The number of nitrogens with zero attached hydrogens (tertiary/aromatic N) is 1. The van der Waals surface area contributed by atoms with Crippen molar-refractivity contribution in [1.82, 2.24) is 14.9 Å². The van der Waals surface area contributed by atoms with Crippen molar-refractivity contribution < 1.29 is 4.42 Å². The van der Waals surface area contributed by atoms with Gasteiger partial charge in [-0.3, -0.25) is 4.57 Å². The normalized spacial score (nSPS) is 11.5. The molecule has 0 saturated heterocycles. The van der Waals surface area contributed by atoms with Gasteiger partial charge in [0.2, 0.25) is 0 Å². The first-order chi connectivity index (χ1) is 11.7. The van der Waals surface area contributed by atoms with E-state index in [1.807, 2.05) is 24.4 Å². The highest BCUT2D eigenvalue weighted by molar-refractivity contribution is 5.82. The van der Waals surface area contributed by atoms with Gasteiger partial charge in [0.05, 0.1) is 5.52 Å². The number of para-hydroxylation sites is 1. The molecule has 5 heteroatoms. The summed E-state index contributed by atoms with van der Waals surface area (Å²) in [6.07, 6.45) is 2.94. The van der Waals surface area contributed by atoms with E-state index in [1.165, 1.54) is 21.0 Å². The Bertz CT molecular complexity index is 1060. The molecule has 122 valence electrons. The molecule has 0 spiro atoms. The third kappa shape index (κ3) is 2.63. The number of H-pyrrole nitrogens is 1. The maximum Gasteiger partial charge on any atom is 0.419 e. The number of nitrogens with one attached hydrogen (secondary N) is 2. The van der Waals surface area contributed by atoms with Gasteiger partial charge in [-0.15, -0.1) is 0 Å². The van der Waals surface area contributed by atoms with Gasteiger partial charge in [-0.05, 0) is 47.7 Å². The number of oxazole rings is 1. The monoisotopic (exact) mass is 321 g/mol. The fourth-order valence-corrected chi connectivity index (χ4v) is 3.10. The van der Waals surface area contributed by atoms with Crippen LogP contribution in [0.15, 0.2) is 57.9 Å². The molecule has 0 aliphatic heterocycles. The molecule has 0 amide bonds. The average molecular weight is 321 g/mol. The molecule has 0 unspecified atom stereocenters. The van der Waals surface area contributed by atoms with Crippen LogP contribution in [0.3, 0.4) is 0 Å². The summed E-state index contributed by atoms with van der Waals surface area (Å²) in [6, 6.07) is 14.3. The lowest BCUT2D eigenvalue weighted by atomic mass is 10.1. The maximum atomic E-state index is 11.5. The minimum absolute atomic E-state index is 0.325. The van der Waals surface area contributed by atoms with Gasteiger partial charge in [0.15, 0.2) is 5.58 Å². The van der Waals surface area contributed by atoms with E-state index in [2.05, 4.69) is 34.6 Å². The van der Waals surface area contributed by atoms with E-state index in [0.717, 1.165) is 30.6 Å². The Labute approximate surface area is 138 Å². The Morgan fingerprint density at radius 2 is 2.12 bits per heavy atom. The van der Waals surface area contributed by atoms with Crippen LogP contribution in [0.4, 0.5) is 0 Å². The molecular weight excluding hydrogens is 302 g/mol. The Morgan fingerprint density at radius 1 is 1.21 bits per heavy atom. The third-order valence-electron chi connectivity index (χ3n) is 4.43. The lowest BCUT2D eigenvalue weighted by Crippen LogP contribution is -2.16. The van der Waals surface area contributed by atoms with Crippen LogP contribution in [0.5, 0.6) is 0 Å². The van der Waals surface area contributed by atoms with Crippen LogP contribution in [0.1, 0.15) is 11.1 Å². The highest BCUT2D eigenvalue weighted by Gasteiger charge is 2.06. The van der Waals surface area contributed by atoms with Crippen molar-refractivity contribution in [2.45, 2.75) is 13.0 Å². The number of aromatic nitrogens is 2. The standard InChI is InChI=1S/C19H19N3O2/c1-22-16-6-5-13(11-17(16)24-19(22)23)12-20-9-7-14-3-2-4-15-8-10-21-18(14)15/h2-6,8,10-11,20-21H,7,9,12H2,1H3. The number of fused-ring (bicyclic) bond motifs is 2. The van der Waals surface area contributed by atoms with Crippen molar-refractivity contribution in [3.8, 4) is 0 Å². The molecule has 4 aromatic rings. The summed E-state index contributed by atoms with van der Waals surface area (Å²) < 4.78 is 6.75. The largest absolute Gasteiger partial charge is 0.419 e. The molecule has 0 bridgehead atoms. The second kappa shape index (κ2) is 6.02. The predicted octanol–water partition coefficient (Wildman–Crippen LogP) is 2.95. The zero-order chi connectivity index (χ0) is 16.5. The van der Waals surface area contributed by atoms with Gasteiger partial charge < -0.3 is 14.7 Å². The molecule has 2 aromatic carbocycles. The van der Waals surface area contributed by atoms with E-state index >= 15 is 0 Å². The molecule has 0 atom stereocenters. The van der Waals surface area contributed by atoms with Gasteiger partial charge in [-0.1, -0.05) is 24.3 Å². The Hall–Kier alpha value is -2.79. The summed E-state index contributed by atoms with van der Waals surface area (Å²) in [6.45, 7) is 1.63. The molecule has 0 saturated carbocycles. The summed E-state index contributed by atoms with van der Waals surface area (Å²) in [5, 5.41) is 4.70. The van der Waals surface area contributed by atoms with E-state index < -0.39 is 0 Å². The van der Waals surface area contributed by atoms with Crippen molar-refractivity contribution in [2.75, 3.05) is 6.54 Å². The van der Waals surface area contributed by atoms with Crippen molar-refractivity contribution >= 4 is 22.0 Å². The highest BCUT2D eigenvalue weighted by Crippen LogP contribution is 2.17. The zero-order valence-corrected chi connectivity index (χ0v) is 13.5. The molecule has 0 radical (unpaired) electrons. The number of aromatic amines is 1. The Kier molecular flexibility index (Phi) is 3.70. The van der Waals surface area contributed by atoms with E-state index in [0.29, 0.717) is 5.58 Å². The number of hydrogen-bond acceptors (Lipinski definition) is 3. The van der Waals surface area contributed by atoms with Gasteiger partial charge in [-0.25, -0.2) is 4.79 Å². The quantitative estimate of drug-likeness (QED) is 0.556. The number of aryl methyl sites for hydroxylation is 1. The Morgan fingerprint density at radius 3 is 3.04 bits per heavy atom. The van der Waals surface area contributed by atoms with Gasteiger partial charge in [0, 0.05) is 25.3 Å². The van der Waals surface area contributed by atoms with Gasteiger partial charge in [-0.2, -0.15) is 0 Å². The van der Waals surface area contributed by atoms with Crippen molar-refractivity contribution in [3.63, 3.8) is 0 Å².